The van der Waals surface area contributed by atoms with E-state index >= 15 is 0 Å². The summed E-state index contributed by atoms with van der Waals surface area (Å²) in [4.78, 5) is 0. The van der Waals surface area contributed by atoms with Gasteiger partial charge in [-0.1, -0.05) is 170 Å². The van der Waals surface area contributed by atoms with Crippen LogP contribution in [0.25, 0.3) is 0 Å². The van der Waals surface area contributed by atoms with Gasteiger partial charge in [0.1, 0.15) is 11.4 Å². The lowest BCUT2D eigenvalue weighted by atomic mass is 10.2. The third kappa shape index (κ3) is 6.97. The maximum atomic E-state index is 6.17. The normalized spacial score (nSPS) is 13.5. The molecule has 0 saturated carbocycles. The third-order valence-electron chi connectivity index (χ3n) is 8.66. The van der Waals surface area contributed by atoms with Crippen LogP contribution >= 0.6 is 14.1 Å². The summed E-state index contributed by atoms with van der Waals surface area (Å²) in [6, 6.07) is 49.0. The van der Waals surface area contributed by atoms with Gasteiger partial charge in [0, 0.05) is 27.3 Å². The molecule has 5 heteroatoms. The minimum Gasteiger partial charge on any atom is -0.494 e. The van der Waals surface area contributed by atoms with Gasteiger partial charge in [-0.15, -0.1) is 0 Å². The Morgan fingerprint density at radius 3 is 1.73 bits per heavy atom. The van der Waals surface area contributed by atoms with Gasteiger partial charge in [-0.05, 0) is 42.5 Å². The molecule has 0 radical (unpaired) electrons. The molecule has 0 N–H and O–H groups in total. The highest BCUT2D eigenvalue weighted by atomic mass is 31.2. The molecule has 3 nitrogen and oxygen atoms in total. The van der Waals surface area contributed by atoms with E-state index in [-0.39, 0.29) is 0 Å². The predicted octanol–water partition coefficient (Wildman–Crippen LogP) is 11.5. The molecule has 0 aromatic heterocycles. The van der Waals surface area contributed by atoms with Crippen LogP contribution in [-0.4, -0.2) is 7.11 Å². The van der Waals surface area contributed by atoms with E-state index in [9.17, 15) is 0 Å². The SMILES string of the molecule is C=C/C(=C\C=C/C)P(=Nc1ccc(N=P(C2=CC=CCC2)(c2ccccc2)c2ccccc2)c(OC)c1)(c1ccccc1)c1ccccc1. The van der Waals surface area contributed by atoms with Gasteiger partial charge in [0.05, 0.1) is 26.9 Å². The molecular weight excluding hydrogens is 634 g/mol. The van der Waals surface area contributed by atoms with Crippen molar-refractivity contribution >= 4 is 46.7 Å². The van der Waals surface area contributed by atoms with Crippen LogP contribution in [0.2, 0.25) is 0 Å². The van der Waals surface area contributed by atoms with Gasteiger partial charge in [-0.2, -0.15) is 0 Å². The average molecular weight is 677 g/mol. The number of nitrogens with zero attached hydrogens (tertiary/aromatic N) is 2. The number of allylic oxidation sites excluding steroid dienone is 9. The molecule has 0 bridgehead atoms. The predicted molar refractivity (Wildman–Crippen MR) is 215 cm³/mol. The summed E-state index contributed by atoms with van der Waals surface area (Å²) in [5.74, 6) is 0.696. The summed E-state index contributed by atoms with van der Waals surface area (Å²) >= 11 is 0. The first-order valence-electron chi connectivity index (χ1n) is 16.6. The topological polar surface area (TPSA) is 34.0 Å². The van der Waals surface area contributed by atoms with Crippen molar-refractivity contribution in [2.24, 2.45) is 9.49 Å². The van der Waals surface area contributed by atoms with Crippen molar-refractivity contribution in [1.82, 2.24) is 0 Å². The van der Waals surface area contributed by atoms with Crippen molar-refractivity contribution in [3.63, 3.8) is 0 Å². The quantitative estimate of drug-likeness (QED) is 0.101. The summed E-state index contributed by atoms with van der Waals surface area (Å²) in [5.41, 5.74) is 1.64. The summed E-state index contributed by atoms with van der Waals surface area (Å²) in [6.45, 7) is 6.31. The first-order valence-corrected chi connectivity index (χ1v) is 20.1. The Balaban J connectivity index is 1.66. The molecular formula is C44H42N2OP2. The van der Waals surface area contributed by atoms with Crippen LogP contribution in [-0.2, 0) is 0 Å². The van der Waals surface area contributed by atoms with Crippen LogP contribution in [0, 0.1) is 0 Å². The van der Waals surface area contributed by atoms with E-state index in [1.165, 1.54) is 15.9 Å². The number of benzene rings is 5. The fourth-order valence-corrected chi connectivity index (χ4v) is 13.6. The number of ether oxygens (including phenoxy) is 1. The first kappa shape index (κ1) is 33.9. The maximum Gasteiger partial charge on any atom is 0.146 e. The smallest absolute Gasteiger partial charge is 0.146 e. The van der Waals surface area contributed by atoms with Crippen LogP contribution in [0.4, 0.5) is 11.4 Å². The van der Waals surface area contributed by atoms with Crippen molar-refractivity contribution in [3.8, 4) is 5.75 Å². The zero-order valence-electron chi connectivity index (χ0n) is 28.1. The van der Waals surface area contributed by atoms with Crippen molar-refractivity contribution < 1.29 is 4.74 Å². The molecule has 0 unspecified atom stereocenters. The van der Waals surface area contributed by atoms with Crippen molar-refractivity contribution in [2.75, 3.05) is 7.11 Å². The molecule has 0 fully saturated rings. The van der Waals surface area contributed by atoms with Gasteiger partial charge in [-0.3, -0.25) is 9.49 Å². The molecule has 49 heavy (non-hydrogen) atoms. The van der Waals surface area contributed by atoms with Gasteiger partial charge in [-0.25, -0.2) is 0 Å². The van der Waals surface area contributed by atoms with Crippen LogP contribution in [0.1, 0.15) is 19.8 Å². The Labute approximate surface area is 291 Å². The highest BCUT2D eigenvalue weighted by Crippen LogP contribution is 2.61. The Bertz CT molecular complexity index is 2040. The van der Waals surface area contributed by atoms with Crippen molar-refractivity contribution in [2.45, 2.75) is 19.8 Å². The molecule has 1 aliphatic carbocycles. The minimum atomic E-state index is -2.55. The van der Waals surface area contributed by atoms with Gasteiger partial charge in [0.2, 0.25) is 0 Å². The van der Waals surface area contributed by atoms with E-state index in [1.54, 1.807) is 7.11 Å². The summed E-state index contributed by atoms with van der Waals surface area (Å²) in [5, 5.41) is 7.18. The third-order valence-corrected chi connectivity index (χ3v) is 16.2. The molecule has 6 rings (SSSR count). The fraction of sp³-hybridized carbons (Fsp3) is 0.0909. The monoisotopic (exact) mass is 676 g/mol. The van der Waals surface area contributed by atoms with E-state index in [0.29, 0.717) is 5.75 Å². The lowest BCUT2D eigenvalue weighted by molar-refractivity contribution is 0.416. The lowest BCUT2D eigenvalue weighted by Gasteiger charge is -2.30. The van der Waals surface area contributed by atoms with Crippen LogP contribution in [0.15, 0.2) is 209 Å². The van der Waals surface area contributed by atoms with E-state index in [0.717, 1.165) is 40.1 Å². The lowest BCUT2D eigenvalue weighted by Crippen LogP contribution is -2.18. The first-order chi connectivity index (χ1) is 24.2. The second-order valence-electron chi connectivity index (χ2n) is 11.6. The van der Waals surface area contributed by atoms with Crippen LogP contribution in [0.3, 0.4) is 0 Å². The van der Waals surface area contributed by atoms with Crippen LogP contribution in [0.5, 0.6) is 5.75 Å². The van der Waals surface area contributed by atoms with E-state index in [1.807, 2.05) is 19.1 Å². The summed E-state index contributed by atoms with van der Waals surface area (Å²) in [6.07, 6.45) is 16.9. The molecule has 0 aliphatic heterocycles. The molecule has 0 spiro atoms. The number of rotatable bonds is 11. The van der Waals surface area contributed by atoms with Crippen molar-refractivity contribution in [3.05, 3.63) is 199 Å². The minimum absolute atomic E-state index is 0.696. The Hall–Kier alpha value is -4.94. The summed E-state index contributed by atoms with van der Waals surface area (Å²) < 4.78 is 17.7. The summed E-state index contributed by atoms with van der Waals surface area (Å²) in [7, 11) is -3.24. The zero-order chi connectivity index (χ0) is 33.9. The molecule has 0 saturated heterocycles. The fourth-order valence-electron chi connectivity index (χ4n) is 6.36. The van der Waals surface area contributed by atoms with Crippen molar-refractivity contribution in [1.29, 1.82) is 0 Å². The molecule has 1 aliphatic rings. The second kappa shape index (κ2) is 16.0. The molecule has 0 atom stereocenters. The Kier molecular flexibility index (Phi) is 11.1. The second-order valence-corrected chi connectivity index (χ2v) is 17.7. The molecule has 5 aromatic carbocycles. The largest absolute Gasteiger partial charge is 0.494 e. The van der Waals surface area contributed by atoms with E-state index in [2.05, 4.69) is 176 Å². The van der Waals surface area contributed by atoms with Crippen LogP contribution < -0.4 is 26.0 Å². The molecule has 5 aromatic rings. The molecule has 244 valence electrons. The van der Waals surface area contributed by atoms with Gasteiger partial charge < -0.3 is 4.74 Å². The highest BCUT2D eigenvalue weighted by molar-refractivity contribution is 7.85. The van der Waals surface area contributed by atoms with E-state index < -0.39 is 14.1 Å². The standard InChI is InChI=1S/C44H42N2OP2/c1-4-6-22-37(5-2)48(38-23-12-7-13-24-38,39-25-14-8-15-26-39)45-36-33-34-43(44(35-36)47-3)46-49(40-27-16-9-17-28-40,41-29-18-10-19-30-41)42-31-20-11-21-32-42/h4-20,22-31,33-35H,2,21,32H2,1,3H3/b6-4-,37-22+. The molecule has 0 amide bonds. The number of hydrogen-bond acceptors (Lipinski definition) is 3. The zero-order valence-corrected chi connectivity index (χ0v) is 29.9. The highest BCUT2D eigenvalue weighted by Gasteiger charge is 2.31. The molecule has 0 heterocycles. The van der Waals surface area contributed by atoms with Gasteiger partial charge in [0.25, 0.3) is 0 Å². The van der Waals surface area contributed by atoms with E-state index in [4.69, 9.17) is 14.2 Å². The maximum absolute atomic E-state index is 6.17. The Morgan fingerprint density at radius 2 is 1.27 bits per heavy atom. The van der Waals surface area contributed by atoms with Gasteiger partial charge >= 0.3 is 0 Å². The Morgan fingerprint density at radius 1 is 0.714 bits per heavy atom. The van der Waals surface area contributed by atoms with Gasteiger partial charge in [0.15, 0.2) is 0 Å². The number of hydrogen-bond donors (Lipinski definition) is 0. The number of methoxy groups -OCH3 is 1. The average Bonchev–Trinajstić information content (AvgIpc) is 3.18.